The van der Waals surface area contributed by atoms with Gasteiger partial charge >= 0.3 is 0 Å². The monoisotopic (exact) mass is 439 g/mol. The first-order valence-corrected chi connectivity index (χ1v) is 14.3. The molecule has 4 rings (SSSR count). The molecule has 0 N–H and O–H groups in total. The van der Waals surface area contributed by atoms with Crippen LogP contribution in [0.2, 0.25) is 16.6 Å². The summed E-state index contributed by atoms with van der Waals surface area (Å²) in [5.74, 6) is 0. The SMILES string of the molecule is Cc1cc(C)cc(-c2nccc3c2ccc2c([Si](C(C)C)(C(C)C)C(C)C)cccc23)c1. The molecule has 4 aromatic rings. The Morgan fingerprint density at radius 1 is 0.625 bits per heavy atom. The van der Waals surface area contributed by atoms with Gasteiger partial charge in [0.2, 0.25) is 0 Å². The molecule has 0 atom stereocenters. The lowest BCUT2D eigenvalue weighted by molar-refractivity contribution is 0.836. The van der Waals surface area contributed by atoms with Crippen LogP contribution in [-0.4, -0.2) is 13.1 Å². The maximum atomic E-state index is 4.83. The first-order valence-electron chi connectivity index (χ1n) is 12.1. The summed E-state index contributed by atoms with van der Waals surface area (Å²) in [7, 11) is -1.76. The third kappa shape index (κ3) is 3.49. The Kier molecular flexibility index (Phi) is 6.02. The Morgan fingerprint density at radius 3 is 1.78 bits per heavy atom. The van der Waals surface area contributed by atoms with E-state index >= 15 is 0 Å². The van der Waals surface area contributed by atoms with Gasteiger partial charge in [0.05, 0.1) is 13.8 Å². The van der Waals surface area contributed by atoms with E-state index in [1.54, 1.807) is 5.19 Å². The zero-order valence-electron chi connectivity index (χ0n) is 21.0. The summed E-state index contributed by atoms with van der Waals surface area (Å²) in [4.78, 5) is 4.83. The van der Waals surface area contributed by atoms with Crippen molar-refractivity contribution >= 4 is 34.8 Å². The highest BCUT2D eigenvalue weighted by molar-refractivity contribution is 6.96. The average molecular weight is 440 g/mol. The Hall–Kier alpha value is -2.45. The smallest absolute Gasteiger partial charge is 0.0950 e. The lowest BCUT2D eigenvalue weighted by Gasteiger charge is -2.44. The fourth-order valence-electron chi connectivity index (χ4n) is 6.68. The topological polar surface area (TPSA) is 12.9 Å². The third-order valence-electron chi connectivity index (χ3n) is 7.63. The van der Waals surface area contributed by atoms with E-state index in [1.165, 1.54) is 38.2 Å². The molecule has 0 fully saturated rings. The summed E-state index contributed by atoms with van der Waals surface area (Å²) < 4.78 is 0. The fraction of sp³-hybridized carbons (Fsp3) is 0.367. The number of fused-ring (bicyclic) bond motifs is 3. The summed E-state index contributed by atoms with van der Waals surface area (Å²) in [6.45, 7) is 19.0. The Balaban J connectivity index is 2.05. The fourth-order valence-corrected chi connectivity index (χ4v) is 13.6. The van der Waals surface area contributed by atoms with E-state index in [0.717, 1.165) is 5.69 Å². The van der Waals surface area contributed by atoms with Crippen molar-refractivity contribution in [3.63, 3.8) is 0 Å². The van der Waals surface area contributed by atoms with Gasteiger partial charge < -0.3 is 0 Å². The van der Waals surface area contributed by atoms with Crippen molar-refractivity contribution < 1.29 is 0 Å². The zero-order chi connectivity index (χ0) is 23.2. The predicted octanol–water partition coefficient (Wildman–Crippen LogP) is 8.56. The normalized spacial score (nSPS) is 12.6. The molecule has 0 aliphatic heterocycles. The van der Waals surface area contributed by atoms with Gasteiger partial charge in [-0.1, -0.05) is 94.3 Å². The van der Waals surface area contributed by atoms with Crippen molar-refractivity contribution in [2.24, 2.45) is 0 Å². The molecule has 1 nitrogen and oxygen atoms in total. The quantitative estimate of drug-likeness (QED) is 0.224. The van der Waals surface area contributed by atoms with E-state index in [-0.39, 0.29) is 0 Å². The van der Waals surface area contributed by atoms with Gasteiger partial charge in [0, 0.05) is 17.1 Å². The minimum Gasteiger partial charge on any atom is -0.256 e. The molecule has 0 spiro atoms. The van der Waals surface area contributed by atoms with Gasteiger partial charge in [-0.3, -0.25) is 4.98 Å². The van der Waals surface area contributed by atoms with E-state index in [2.05, 4.69) is 110 Å². The van der Waals surface area contributed by atoms with E-state index < -0.39 is 8.07 Å². The Morgan fingerprint density at radius 2 is 1.19 bits per heavy atom. The molecule has 0 saturated heterocycles. The van der Waals surface area contributed by atoms with E-state index in [9.17, 15) is 0 Å². The molecule has 0 aliphatic carbocycles. The van der Waals surface area contributed by atoms with Crippen molar-refractivity contribution in [3.8, 4) is 11.3 Å². The van der Waals surface area contributed by atoms with Crippen LogP contribution in [0.15, 0.2) is 60.8 Å². The van der Waals surface area contributed by atoms with Gasteiger partial charge in [-0.05, 0) is 64.8 Å². The molecule has 1 aromatic heterocycles. The van der Waals surface area contributed by atoms with Crippen LogP contribution in [0.5, 0.6) is 0 Å². The molecule has 0 bridgehead atoms. The highest BCUT2D eigenvalue weighted by Gasteiger charge is 2.45. The number of nitrogens with zero attached hydrogens (tertiary/aromatic N) is 1. The molecule has 0 saturated carbocycles. The maximum Gasteiger partial charge on any atom is 0.0950 e. The van der Waals surface area contributed by atoms with E-state index in [4.69, 9.17) is 4.98 Å². The summed E-state index contributed by atoms with van der Waals surface area (Å²) >= 11 is 0. The Bertz CT molecular complexity index is 1240. The van der Waals surface area contributed by atoms with Crippen LogP contribution in [0, 0.1) is 13.8 Å². The molecular formula is C30H37NSi. The maximum absolute atomic E-state index is 4.83. The molecular weight excluding hydrogens is 402 g/mol. The Labute approximate surface area is 194 Å². The van der Waals surface area contributed by atoms with Gasteiger partial charge in [-0.15, -0.1) is 0 Å². The second-order valence-corrected chi connectivity index (χ2v) is 16.4. The van der Waals surface area contributed by atoms with Crippen LogP contribution in [0.25, 0.3) is 32.8 Å². The van der Waals surface area contributed by atoms with Crippen LogP contribution in [0.4, 0.5) is 0 Å². The number of pyridine rings is 1. The third-order valence-corrected chi connectivity index (χ3v) is 14.7. The first kappa shape index (κ1) is 22.7. The molecule has 0 aliphatic rings. The second-order valence-electron chi connectivity index (χ2n) is 10.5. The first-order chi connectivity index (χ1) is 15.2. The number of hydrogen-bond acceptors (Lipinski definition) is 1. The van der Waals surface area contributed by atoms with Crippen molar-refractivity contribution in [1.29, 1.82) is 0 Å². The largest absolute Gasteiger partial charge is 0.256 e. The molecule has 0 radical (unpaired) electrons. The number of aryl methyl sites for hydroxylation is 2. The van der Waals surface area contributed by atoms with Crippen LogP contribution < -0.4 is 5.19 Å². The van der Waals surface area contributed by atoms with Crippen molar-refractivity contribution in [2.75, 3.05) is 0 Å². The summed E-state index contributed by atoms with van der Waals surface area (Å²) in [6, 6.07) is 20.7. The average Bonchev–Trinajstić information content (AvgIpc) is 2.72. The summed E-state index contributed by atoms with van der Waals surface area (Å²) in [5.41, 5.74) is 6.92. The zero-order valence-corrected chi connectivity index (χ0v) is 22.0. The standard InChI is InChI=1S/C30H37NSi/c1-19(2)32(20(3)4,21(5)6)29-11-9-10-25-26-14-15-31-30(28(26)13-12-27(25)29)24-17-22(7)16-23(8)18-24/h9-21H,1-8H3. The van der Waals surface area contributed by atoms with E-state index in [0.29, 0.717) is 16.6 Å². The van der Waals surface area contributed by atoms with Crippen molar-refractivity contribution in [1.82, 2.24) is 4.98 Å². The lowest BCUT2D eigenvalue weighted by atomic mass is 9.97. The van der Waals surface area contributed by atoms with Crippen LogP contribution in [0.3, 0.4) is 0 Å². The van der Waals surface area contributed by atoms with Crippen LogP contribution >= 0.6 is 0 Å². The molecule has 3 aromatic carbocycles. The van der Waals surface area contributed by atoms with E-state index in [1.807, 2.05) is 6.20 Å². The minimum absolute atomic E-state index is 0.687. The highest BCUT2D eigenvalue weighted by atomic mass is 28.3. The molecule has 166 valence electrons. The molecule has 32 heavy (non-hydrogen) atoms. The lowest BCUT2D eigenvalue weighted by Crippen LogP contribution is -2.55. The van der Waals surface area contributed by atoms with Gasteiger partial charge in [0.25, 0.3) is 0 Å². The van der Waals surface area contributed by atoms with Gasteiger partial charge in [0.1, 0.15) is 0 Å². The van der Waals surface area contributed by atoms with Gasteiger partial charge in [-0.25, -0.2) is 0 Å². The number of benzene rings is 3. The second kappa shape index (κ2) is 8.48. The molecule has 1 heterocycles. The highest BCUT2D eigenvalue weighted by Crippen LogP contribution is 2.43. The van der Waals surface area contributed by atoms with Crippen LogP contribution in [-0.2, 0) is 0 Å². The summed E-state index contributed by atoms with van der Waals surface area (Å²) in [6.07, 6.45) is 1.99. The molecule has 0 amide bonds. The summed E-state index contributed by atoms with van der Waals surface area (Å²) in [5, 5.41) is 6.99. The minimum atomic E-state index is -1.76. The number of rotatable bonds is 5. The van der Waals surface area contributed by atoms with Gasteiger partial charge in [-0.2, -0.15) is 0 Å². The van der Waals surface area contributed by atoms with Crippen molar-refractivity contribution in [3.05, 3.63) is 71.9 Å². The van der Waals surface area contributed by atoms with Crippen LogP contribution in [0.1, 0.15) is 52.7 Å². The van der Waals surface area contributed by atoms with Crippen molar-refractivity contribution in [2.45, 2.75) is 72.0 Å². The number of hydrogen-bond donors (Lipinski definition) is 0. The predicted molar refractivity (Wildman–Crippen MR) is 145 cm³/mol. The number of aromatic nitrogens is 1. The van der Waals surface area contributed by atoms with Gasteiger partial charge in [0.15, 0.2) is 0 Å². The molecule has 2 heteroatoms. The molecule has 0 unspecified atom stereocenters.